The van der Waals surface area contributed by atoms with Crippen molar-refractivity contribution in [2.75, 3.05) is 7.05 Å². The first-order valence-corrected chi connectivity index (χ1v) is 5.41. The first-order chi connectivity index (χ1) is 8.80. The molecule has 18 heavy (non-hydrogen) atoms. The molecule has 0 aliphatic heterocycles. The first-order valence-electron chi connectivity index (χ1n) is 5.41. The van der Waals surface area contributed by atoms with E-state index in [-0.39, 0.29) is 11.4 Å². The lowest BCUT2D eigenvalue weighted by molar-refractivity contribution is 0.817. The maximum absolute atomic E-state index is 9.05. The lowest BCUT2D eigenvalue weighted by atomic mass is 10.2. The quantitative estimate of drug-likeness (QED) is 0.873. The second-order valence-corrected chi connectivity index (χ2v) is 3.73. The van der Waals surface area contributed by atoms with Gasteiger partial charge in [-0.1, -0.05) is 12.1 Å². The molecular formula is C13H11N5. The van der Waals surface area contributed by atoms with E-state index in [1.54, 1.807) is 4.57 Å². The molecule has 0 radical (unpaired) electrons. The van der Waals surface area contributed by atoms with Crippen LogP contribution in [0.15, 0.2) is 30.6 Å². The molecule has 1 N–H and O–H groups in total. The highest BCUT2D eigenvalue weighted by atomic mass is 15.1. The van der Waals surface area contributed by atoms with Crippen molar-refractivity contribution in [1.82, 2.24) is 14.9 Å². The van der Waals surface area contributed by atoms with Crippen molar-refractivity contribution in [3.8, 4) is 17.8 Å². The summed E-state index contributed by atoms with van der Waals surface area (Å²) in [7, 11) is 1.89. The molecule has 1 aromatic carbocycles. The molecule has 5 heteroatoms. The highest BCUT2D eigenvalue weighted by Crippen LogP contribution is 2.14. The largest absolute Gasteiger partial charge is 0.316 e. The third-order valence-corrected chi connectivity index (χ3v) is 2.57. The standard InChI is InChI=1S/C13H11N5/c1-16-8-10-2-4-11(5-3-10)18-9-17-12(6-14)13(18)7-15/h2-5,9,16H,8H2,1H3. The van der Waals surface area contributed by atoms with Gasteiger partial charge in [-0.2, -0.15) is 10.5 Å². The number of hydrogen-bond acceptors (Lipinski definition) is 4. The van der Waals surface area contributed by atoms with Crippen molar-refractivity contribution in [2.24, 2.45) is 0 Å². The van der Waals surface area contributed by atoms with Crippen molar-refractivity contribution in [2.45, 2.75) is 6.54 Å². The Hall–Kier alpha value is -2.63. The first kappa shape index (κ1) is 11.8. The maximum atomic E-state index is 9.05. The second kappa shape index (κ2) is 5.13. The number of imidazole rings is 1. The van der Waals surface area contributed by atoms with Crippen LogP contribution in [-0.2, 0) is 6.54 Å². The Morgan fingerprint density at radius 1 is 1.22 bits per heavy atom. The number of nitrogens with zero attached hydrogens (tertiary/aromatic N) is 4. The average Bonchev–Trinajstić information content (AvgIpc) is 2.82. The molecule has 0 aliphatic carbocycles. The summed E-state index contributed by atoms with van der Waals surface area (Å²) in [5.41, 5.74) is 2.39. The van der Waals surface area contributed by atoms with E-state index >= 15 is 0 Å². The van der Waals surface area contributed by atoms with E-state index in [4.69, 9.17) is 10.5 Å². The minimum absolute atomic E-state index is 0.150. The molecule has 0 aliphatic rings. The van der Waals surface area contributed by atoms with Gasteiger partial charge in [0.05, 0.1) is 0 Å². The summed E-state index contributed by atoms with van der Waals surface area (Å²) in [4.78, 5) is 3.91. The molecule has 0 atom stereocenters. The lowest BCUT2D eigenvalue weighted by Gasteiger charge is -2.05. The van der Waals surface area contributed by atoms with Gasteiger partial charge in [-0.3, -0.25) is 4.57 Å². The van der Waals surface area contributed by atoms with Crippen molar-refractivity contribution in [1.29, 1.82) is 10.5 Å². The molecule has 5 nitrogen and oxygen atoms in total. The monoisotopic (exact) mass is 237 g/mol. The van der Waals surface area contributed by atoms with Gasteiger partial charge in [0.15, 0.2) is 11.4 Å². The molecule has 0 bridgehead atoms. The Morgan fingerprint density at radius 2 is 1.94 bits per heavy atom. The Morgan fingerprint density at radius 3 is 2.50 bits per heavy atom. The van der Waals surface area contributed by atoms with Crippen LogP contribution in [-0.4, -0.2) is 16.6 Å². The van der Waals surface area contributed by atoms with Crippen LogP contribution in [0.25, 0.3) is 5.69 Å². The average molecular weight is 237 g/mol. The fourth-order valence-electron chi connectivity index (χ4n) is 1.71. The molecule has 0 amide bonds. The predicted molar refractivity (Wildman–Crippen MR) is 65.8 cm³/mol. The van der Waals surface area contributed by atoms with Gasteiger partial charge in [-0.25, -0.2) is 4.98 Å². The SMILES string of the molecule is CNCc1ccc(-n2cnc(C#N)c2C#N)cc1. The Bertz CT molecular complexity index is 625. The van der Waals surface area contributed by atoms with Crippen molar-refractivity contribution >= 4 is 0 Å². The van der Waals surface area contributed by atoms with Crippen LogP contribution in [0.2, 0.25) is 0 Å². The van der Waals surface area contributed by atoms with Crippen LogP contribution in [0.3, 0.4) is 0 Å². The summed E-state index contributed by atoms with van der Waals surface area (Å²) in [6, 6.07) is 11.6. The fraction of sp³-hybridized carbons (Fsp3) is 0.154. The van der Waals surface area contributed by atoms with Gasteiger partial charge in [0, 0.05) is 12.2 Å². The van der Waals surface area contributed by atoms with Gasteiger partial charge in [-0.05, 0) is 24.7 Å². The molecular weight excluding hydrogens is 226 g/mol. The van der Waals surface area contributed by atoms with Crippen LogP contribution in [0, 0.1) is 22.7 Å². The van der Waals surface area contributed by atoms with Gasteiger partial charge in [0.25, 0.3) is 0 Å². The zero-order valence-corrected chi connectivity index (χ0v) is 9.88. The van der Waals surface area contributed by atoms with E-state index in [1.165, 1.54) is 6.33 Å². The summed E-state index contributed by atoms with van der Waals surface area (Å²) in [5, 5.41) is 21.0. The molecule has 0 saturated carbocycles. The van der Waals surface area contributed by atoms with Crippen LogP contribution in [0.4, 0.5) is 0 Å². The van der Waals surface area contributed by atoms with E-state index < -0.39 is 0 Å². The van der Waals surface area contributed by atoms with Crippen LogP contribution in [0.1, 0.15) is 17.0 Å². The molecule has 2 rings (SSSR count). The zero-order valence-electron chi connectivity index (χ0n) is 9.88. The van der Waals surface area contributed by atoms with Crippen molar-refractivity contribution < 1.29 is 0 Å². The van der Waals surface area contributed by atoms with Crippen LogP contribution < -0.4 is 5.32 Å². The summed E-state index contributed by atoms with van der Waals surface area (Å²) in [6.07, 6.45) is 1.49. The van der Waals surface area contributed by atoms with Crippen LogP contribution in [0.5, 0.6) is 0 Å². The molecule has 1 heterocycles. The zero-order chi connectivity index (χ0) is 13.0. The molecule has 1 aromatic heterocycles. The van der Waals surface area contributed by atoms with Gasteiger partial charge in [0.1, 0.15) is 18.5 Å². The van der Waals surface area contributed by atoms with Gasteiger partial charge in [0.2, 0.25) is 0 Å². The Labute approximate surface area is 105 Å². The van der Waals surface area contributed by atoms with Gasteiger partial charge < -0.3 is 5.32 Å². The van der Waals surface area contributed by atoms with Crippen LogP contribution >= 0.6 is 0 Å². The minimum atomic E-state index is 0.150. The van der Waals surface area contributed by atoms with Gasteiger partial charge in [-0.15, -0.1) is 0 Å². The predicted octanol–water partition coefficient (Wildman–Crippen LogP) is 1.34. The van der Waals surface area contributed by atoms with E-state index in [2.05, 4.69) is 10.3 Å². The fourth-order valence-corrected chi connectivity index (χ4v) is 1.71. The normalized spacial score (nSPS) is 9.72. The molecule has 2 aromatic rings. The summed E-state index contributed by atoms with van der Waals surface area (Å²) >= 11 is 0. The number of nitriles is 2. The van der Waals surface area contributed by atoms with Crippen molar-refractivity contribution in [3.63, 3.8) is 0 Å². The number of hydrogen-bond donors (Lipinski definition) is 1. The van der Waals surface area contributed by atoms with E-state index in [1.807, 2.05) is 43.5 Å². The minimum Gasteiger partial charge on any atom is -0.316 e. The molecule has 0 fully saturated rings. The summed E-state index contributed by atoms with van der Waals surface area (Å²) < 4.78 is 1.61. The Balaban J connectivity index is 2.41. The summed E-state index contributed by atoms with van der Waals surface area (Å²) in [5.74, 6) is 0. The highest BCUT2D eigenvalue weighted by molar-refractivity contribution is 5.44. The van der Waals surface area contributed by atoms with Crippen molar-refractivity contribution in [3.05, 3.63) is 47.5 Å². The smallest absolute Gasteiger partial charge is 0.177 e. The third kappa shape index (κ3) is 2.08. The molecule has 0 unspecified atom stereocenters. The topological polar surface area (TPSA) is 77.4 Å². The molecule has 88 valence electrons. The molecule has 0 saturated heterocycles. The number of benzene rings is 1. The second-order valence-electron chi connectivity index (χ2n) is 3.73. The summed E-state index contributed by atoms with van der Waals surface area (Å²) in [6.45, 7) is 0.790. The van der Waals surface area contributed by atoms with E-state index in [0.29, 0.717) is 0 Å². The number of nitrogens with one attached hydrogen (secondary N) is 1. The van der Waals surface area contributed by atoms with Gasteiger partial charge >= 0.3 is 0 Å². The van der Waals surface area contributed by atoms with E-state index in [0.717, 1.165) is 17.8 Å². The number of aromatic nitrogens is 2. The van der Waals surface area contributed by atoms with E-state index in [9.17, 15) is 0 Å². The molecule has 0 spiro atoms. The number of rotatable bonds is 3. The Kier molecular flexibility index (Phi) is 3.38. The third-order valence-electron chi connectivity index (χ3n) is 2.57. The maximum Gasteiger partial charge on any atom is 0.177 e. The lowest BCUT2D eigenvalue weighted by Crippen LogP contribution is -2.05. The highest BCUT2D eigenvalue weighted by Gasteiger charge is 2.10.